The van der Waals surface area contributed by atoms with Crippen molar-refractivity contribution in [3.8, 4) is 0 Å². The van der Waals surface area contributed by atoms with E-state index in [1.165, 1.54) is 13.8 Å². The molecule has 5 nitrogen and oxygen atoms in total. The first-order chi connectivity index (χ1) is 10.4. The number of aliphatic hydroxyl groups excluding tert-OH is 3. The van der Waals surface area contributed by atoms with E-state index in [0.717, 1.165) is 44.6 Å². The maximum absolute atomic E-state index is 9.98. The zero-order valence-electron chi connectivity index (χ0n) is 15.6. The molecule has 0 unspecified atom stereocenters. The van der Waals surface area contributed by atoms with E-state index in [1.807, 2.05) is 0 Å². The molecule has 0 heterocycles. The van der Waals surface area contributed by atoms with Crippen molar-refractivity contribution in [2.24, 2.45) is 0 Å². The van der Waals surface area contributed by atoms with Crippen LogP contribution in [-0.2, 0) is 26.5 Å². The zero-order valence-corrected chi connectivity index (χ0v) is 17.2. The van der Waals surface area contributed by atoms with Crippen LogP contribution in [0.4, 0.5) is 0 Å². The van der Waals surface area contributed by atoms with Crippen molar-refractivity contribution in [1.82, 2.24) is 0 Å². The molecule has 0 atom stereocenters. The number of aliphatic hydroxyl groups is 3. The molecule has 0 aromatic rings. The first kappa shape index (κ1) is 34.2. The smallest absolute Gasteiger partial charge is 0.151 e. The standard InChI is InChI=1S/C5H8O2.3C4H10O.Ti/c1-4(6)3-5(2)7;3*1-2-3-4-5;/h3,6H,1-2H3;3*5H,2-4H2,1H3;/p-1/b4-3-;;;;. The quantitative estimate of drug-likeness (QED) is 0.363. The van der Waals surface area contributed by atoms with Crippen LogP contribution in [-0.4, -0.2) is 40.9 Å². The second-order valence-corrected chi connectivity index (χ2v) is 4.60. The average Bonchev–Trinajstić information content (AvgIpc) is 2.42. The largest absolute Gasteiger partial charge is 0.876 e. The molecule has 0 fully saturated rings. The molecule has 0 aromatic carbocycles. The molecule has 0 saturated heterocycles. The third kappa shape index (κ3) is 89.0. The summed E-state index contributed by atoms with van der Waals surface area (Å²) in [4.78, 5) is 9.98. The van der Waals surface area contributed by atoms with E-state index in [-0.39, 0.29) is 33.3 Å². The molecule has 0 rings (SSSR count). The molecule has 0 amide bonds. The van der Waals surface area contributed by atoms with Gasteiger partial charge in [-0.3, -0.25) is 4.79 Å². The Labute approximate surface area is 157 Å². The van der Waals surface area contributed by atoms with E-state index < -0.39 is 0 Å². The van der Waals surface area contributed by atoms with Gasteiger partial charge in [0.25, 0.3) is 0 Å². The van der Waals surface area contributed by atoms with Crippen molar-refractivity contribution in [2.45, 2.75) is 73.1 Å². The number of ketones is 1. The van der Waals surface area contributed by atoms with Gasteiger partial charge in [-0.2, -0.15) is 0 Å². The number of carbonyl (C=O) groups excluding carboxylic acids is 1. The van der Waals surface area contributed by atoms with Crippen LogP contribution in [0.2, 0.25) is 0 Å². The normalized spacial score (nSPS) is 8.96. The Balaban J connectivity index is -0.0000000625. The van der Waals surface area contributed by atoms with Gasteiger partial charge in [0, 0.05) is 41.5 Å². The summed E-state index contributed by atoms with van der Waals surface area (Å²) < 4.78 is 0. The summed E-state index contributed by atoms with van der Waals surface area (Å²) in [6.45, 7) is 9.88. The molecular formula is C17H37O5Ti-. The Hall–Kier alpha value is -0.196. The van der Waals surface area contributed by atoms with E-state index >= 15 is 0 Å². The van der Waals surface area contributed by atoms with Crippen LogP contribution in [0.3, 0.4) is 0 Å². The number of hydrogen-bond acceptors (Lipinski definition) is 5. The van der Waals surface area contributed by atoms with Crippen molar-refractivity contribution < 1.29 is 46.9 Å². The molecule has 0 radical (unpaired) electrons. The van der Waals surface area contributed by atoms with Gasteiger partial charge in [-0.15, -0.1) is 5.76 Å². The fourth-order valence-electron chi connectivity index (χ4n) is 0.761. The van der Waals surface area contributed by atoms with Crippen molar-refractivity contribution >= 4 is 5.78 Å². The third-order valence-electron chi connectivity index (χ3n) is 1.94. The summed E-state index contributed by atoms with van der Waals surface area (Å²) in [6, 6.07) is 0. The summed E-state index contributed by atoms with van der Waals surface area (Å²) in [5.41, 5.74) is 0. The van der Waals surface area contributed by atoms with Gasteiger partial charge in [0.15, 0.2) is 5.78 Å². The Bertz CT molecular complexity index is 197. The van der Waals surface area contributed by atoms with Crippen LogP contribution in [0.15, 0.2) is 11.8 Å². The SMILES string of the molecule is CC(=O)/C=C(/C)[O-].CCCCO.CCCCO.CCCCO.[Ti]. The summed E-state index contributed by atoms with van der Waals surface area (Å²) >= 11 is 0. The van der Waals surface area contributed by atoms with Crippen LogP contribution in [0.5, 0.6) is 0 Å². The summed E-state index contributed by atoms with van der Waals surface area (Å²) in [5, 5.41) is 34.2. The minimum Gasteiger partial charge on any atom is -0.876 e. The van der Waals surface area contributed by atoms with Gasteiger partial charge < -0.3 is 20.4 Å². The van der Waals surface area contributed by atoms with Crippen LogP contribution in [0.25, 0.3) is 0 Å². The molecule has 6 heteroatoms. The van der Waals surface area contributed by atoms with Crippen molar-refractivity contribution in [2.75, 3.05) is 19.8 Å². The Morgan fingerprint density at radius 1 is 0.826 bits per heavy atom. The molecule has 0 aliphatic heterocycles. The second-order valence-electron chi connectivity index (χ2n) is 4.60. The topological polar surface area (TPSA) is 101 Å². The van der Waals surface area contributed by atoms with Crippen molar-refractivity contribution in [3.05, 3.63) is 11.8 Å². The van der Waals surface area contributed by atoms with E-state index in [4.69, 9.17) is 15.3 Å². The minimum absolute atomic E-state index is 0. The number of allylic oxidation sites excluding steroid dienone is 2. The predicted molar refractivity (Wildman–Crippen MR) is 90.4 cm³/mol. The molecule has 0 aliphatic rings. The number of hydrogen-bond donors (Lipinski definition) is 3. The number of rotatable bonds is 7. The maximum atomic E-state index is 9.98. The molecule has 0 saturated carbocycles. The first-order valence-electron chi connectivity index (χ1n) is 8.06. The monoisotopic (exact) mass is 369 g/mol. The zero-order chi connectivity index (χ0) is 18.2. The van der Waals surface area contributed by atoms with E-state index in [1.54, 1.807) is 0 Å². The molecule has 0 spiro atoms. The van der Waals surface area contributed by atoms with Gasteiger partial charge in [0.05, 0.1) is 0 Å². The molecule has 3 N–H and O–H groups in total. The van der Waals surface area contributed by atoms with Gasteiger partial charge >= 0.3 is 0 Å². The predicted octanol–water partition coefficient (Wildman–Crippen LogP) is 2.17. The van der Waals surface area contributed by atoms with E-state index in [0.29, 0.717) is 19.8 Å². The van der Waals surface area contributed by atoms with Crippen LogP contribution >= 0.6 is 0 Å². The van der Waals surface area contributed by atoms with Gasteiger partial charge in [0.2, 0.25) is 0 Å². The molecule has 140 valence electrons. The fourth-order valence-corrected chi connectivity index (χ4v) is 0.761. The first-order valence-corrected chi connectivity index (χ1v) is 8.06. The third-order valence-corrected chi connectivity index (χ3v) is 1.94. The minimum atomic E-state index is -0.187. The fraction of sp³-hybridized carbons (Fsp3) is 0.824. The van der Waals surface area contributed by atoms with Crippen molar-refractivity contribution in [1.29, 1.82) is 0 Å². The summed E-state index contributed by atoms with van der Waals surface area (Å²) in [6.07, 6.45) is 7.17. The van der Waals surface area contributed by atoms with E-state index in [2.05, 4.69) is 20.8 Å². The van der Waals surface area contributed by atoms with Crippen LogP contribution in [0, 0.1) is 0 Å². The molecular weight excluding hydrogens is 332 g/mol. The molecule has 0 aliphatic carbocycles. The molecule has 0 aromatic heterocycles. The van der Waals surface area contributed by atoms with Gasteiger partial charge in [0.1, 0.15) is 0 Å². The maximum Gasteiger partial charge on any atom is 0.151 e. The Morgan fingerprint density at radius 3 is 1.09 bits per heavy atom. The molecule has 23 heavy (non-hydrogen) atoms. The van der Waals surface area contributed by atoms with Gasteiger partial charge in [-0.1, -0.05) is 47.0 Å². The second kappa shape index (κ2) is 37.8. The van der Waals surface area contributed by atoms with Gasteiger partial charge in [-0.25, -0.2) is 0 Å². The summed E-state index contributed by atoms with van der Waals surface area (Å²) in [7, 11) is 0. The average molecular weight is 369 g/mol. The van der Waals surface area contributed by atoms with Gasteiger partial charge in [-0.05, 0) is 32.3 Å². The number of unbranched alkanes of at least 4 members (excludes halogenated alkanes) is 3. The van der Waals surface area contributed by atoms with Crippen molar-refractivity contribution in [3.63, 3.8) is 0 Å². The molecule has 0 bridgehead atoms. The van der Waals surface area contributed by atoms with E-state index in [9.17, 15) is 9.90 Å². The summed E-state index contributed by atoms with van der Waals surface area (Å²) in [5.74, 6) is -0.375. The number of carbonyl (C=O) groups is 1. The Kier molecular flexibility index (Phi) is 56.2. The Morgan fingerprint density at radius 2 is 1.09 bits per heavy atom. The van der Waals surface area contributed by atoms with Crippen LogP contribution in [0.1, 0.15) is 73.1 Å². The van der Waals surface area contributed by atoms with Crippen LogP contribution < -0.4 is 5.11 Å².